The van der Waals surface area contributed by atoms with Crippen molar-refractivity contribution in [1.29, 1.82) is 0 Å². The van der Waals surface area contributed by atoms with E-state index in [1.807, 2.05) is 32.0 Å². The first-order valence-corrected chi connectivity index (χ1v) is 6.87. The molecule has 18 heavy (non-hydrogen) atoms. The highest BCUT2D eigenvalue weighted by Crippen LogP contribution is 2.22. The molecule has 1 N–H and O–H groups in total. The van der Waals surface area contributed by atoms with Crippen LogP contribution in [0.3, 0.4) is 0 Å². The van der Waals surface area contributed by atoms with Gasteiger partial charge in [-0.25, -0.2) is 0 Å². The number of halogens is 1. The minimum absolute atomic E-state index is 0.0500. The van der Waals surface area contributed by atoms with Gasteiger partial charge in [0, 0.05) is 10.5 Å². The molecule has 4 heteroatoms. The molecule has 100 valence electrons. The van der Waals surface area contributed by atoms with Gasteiger partial charge in [0.05, 0.1) is 0 Å². The van der Waals surface area contributed by atoms with Crippen LogP contribution in [0, 0.1) is 12.8 Å². The second kappa shape index (κ2) is 6.78. The molecule has 0 bridgehead atoms. The molecular formula is C14H20BrNO2. The molecule has 0 spiro atoms. The number of rotatable bonds is 5. The summed E-state index contributed by atoms with van der Waals surface area (Å²) in [6.07, 6.45) is 0. The smallest absolute Gasteiger partial charge is 0.258 e. The molecule has 0 saturated heterocycles. The van der Waals surface area contributed by atoms with Crippen LogP contribution in [0.15, 0.2) is 22.7 Å². The van der Waals surface area contributed by atoms with Crippen molar-refractivity contribution >= 4 is 21.8 Å². The molecule has 1 aromatic carbocycles. The monoisotopic (exact) mass is 313 g/mol. The first-order chi connectivity index (χ1) is 8.40. The van der Waals surface area contributed by atoms with E-state index < -0.39 is 0 Å². The Kier molecular flexibility index (Phi) is 5.66. The number of aryl methyl sites for hydroxylation is 1. The van der Waals surface area contributed by atoms with Gasteiger partial charge in [-0.05, 0) is 37.5 Å². The van der Waals surface area contributed by atoms with Crippen molar-refractivity contribution in [3.05, 3.63) is 28.2 Å². The third-order valence-corrected chi connectivity index (χ3v) is 3.39. The summed E-state index contributed by atoms with van der Waals surface area (Å²) in [6, 6.07) is 5.93. The van der Waals surface area contributed by atoms with Gasteiger partial charge in [0.2, 0.25) is 0 Å². The number of nitrogens with one attached hydrogen (secondary N) is 1. The maximum Gasteiger partial charge on any atom is 0.258 e. The van der Waals surface area contributed by atoms with Crippen molar-refractivity contribution in [2.24, 2.45) is 5.92 Å². The van der Waals surface area contributed by atoms with E-state index in [1.54, 1.807) is 0 Å². The number of carbonyl (C=O) groups is 1. The predicted octanol–water partition coefficient (Wildman–Crippen LogP) is 3.30. The molecule has 0 aromatic heterocycles. The molecule has 0 aliphatic heterocycles. The van der Waals surface area contributed by atoms with Crippen LogP contribution in [-0.4, -0.2) is 18.6 Å². The largest absolute Gasteiger partial charge is 0.483 e. The molecule has 1 unspecified atom stereocenters. The molecule has 0 saturated carbocycles. The quantitative estimate of drug-likeness (QED) is 0.905. The second-order valence-electron chi connectivity index (χ2n) is 4.80. The van der Waals surface area contributed by atoms with E-state index >= 15 is 0 Å². The van der Waals surface area contributed by atoms with E-state index in [1.165, 1.54) is 0 Å². The maximum atomic E-state index is 11.7. The zero-order valence-corrected chi connectivity index (χ0v) is 12.9. The highest BCUT2D eigenvalue weighted by Gasteiger charge is 2.11. The van der Waals surface area contributed by atoms with Crippen molar-refractivity contribution in [2.45, 2.75) is 33.7 Å². The molecule has 0 aliphatic rings. The van der Waals surface area contributed by atoms with Gasteiger partial charge in [0.1, 0.15) is 5.75 Å². The average Bonchev–Trinajstić information content (AvgIpc) is 2.30. The van der Waals surface area contributed by atoms with Crippen LogP contribution in [0.25, 0.3) is 0 Å². The minimum atomic E-state index is -0.0874. The SMILES string of the molecule is Cc1ccc(Br)cc1OCC(=O)NC(C)C(C)C. The van der Waals surface area contributed by atoms with Gasteiger partial charge in [-0.2, -0.15) is 0 Å². The summed E-state index contributed by atoms with van der Waals surface area (Å²) in [5.74, 6) is 1.06. The fourth-order valence-electron chi connectivity index (χ4n) is 1.33. The second-order valence-corrected chi connectivity index (χ2v) is 5.71. The van der Waals surface area contributed by atoms with Crippen molar-refractivity contribution in [3.63, 3.8) is 0 Å². The van der Waals surface area contributed by atoms with Crippen LogP contribution in [0.2, 0.25) is 0 Å². The summed E-state index contributed by atoms with van der Waals surface area (Å²) in [5, 5.41) is 2.91. The van der Waals surface area contributed by atoms with Gasteiger partial charge in [0.15, 0.2) is 6.61 Å². The molecule has 1 atom stereocenters. The van der Waals surface area contributed by atoms with Gasteiger partial charge >= 0.3 is 0 Å². The Hall–Kier alpha value is -1.03. The van der Waals surface area contributed by atoms with Gasteiger partial charge in [-0.1, -0.05) is 35.8 Å². The third kappa shape index (κ3) is 4.69. The highest BCUT2D eigenvalue weighted by atomic mass is 79.9. The Morgan fingerprint density at radius 2 is 2.06 bits per heavy atom. The fourth-order valence-corrected chi connectivity index (χ4v) is 1.68. The van der Waals surface area contributed by atoms with Gasteiger partial charge in [-0.3, -0.25) is 4.79 Å². The Labute approximate surface area is 117 Å². The Bertz CT molecular complexity index is 418. The minimum Gasteiger partial charge on any atom is -0.483 e. The first-order valence-electron chi connectivity index (χ1n) is 6.08. The van der Waals surface area contributed by atoms with E-state index in [2.05, 4.69) is 35.1 Å². The van der Waals surface area contributed by atoms with E-state index in [0.29, 0.717) is 5.92 Å². The van der Waals surface area contributed by atoms with E-state index in [4.69, 9.17) is 4.74 Å². The Morgan fingerprint density at radius 3 is 2.67 bits per heavy atom. The normalized spacial score (nSPS) is 12.3. The van der Waals surface area contributed by atoms with E-state index in [9.17, 15) is 4.79 Å². The first kappa shape index (κ1) is 15.0. The topological polar surface area (TPSA) is 38.3 Å². The van der Waals surface area contributed by atoms with Crippen LogP contribution < -0.4 is 10.1 Å². The van der Waals surface area contributed by atoms with Crippen molar-refractivity contribution < 1.29 is 9.53 Å². The van der Waals surface area contributed by atoms with Crippen molar-refractivity contribution in [3.8, 4) is 5.75 Å². The molecule has 0 heterocycles. The molecule has 1 amide bonds. The summed E-state index contributed by atoms with van der Waals surface area (Å²) >= 11 is 3.38. The molecule has 0 fully saturated rings. The molecule has 1 rings (SSSR count). The number of benzene rings is 1. The molecular weight excluding hydrogens is 294 g/mol. The van der Waals surface area contributed by atoms with Crippen LogP contribution in [0.5, 0.6) is 5.75 Å². The fraction of sp³-hybridized carbons (Fsp3) is 0.500. The zero-order chi connectivity index (χ0) is 13.7. The molecule has 3 nitrogen and oxygen atoms in total. The summed E-state index contributed by atoms with van der Waals surface area (Å²) < 4.78 is 6.46. The lowest BCUT2D eigenvalue weighted by atomic mass is 10.1. The summed E-state index contributed by atoms with van der Waals surface area (Å²) in [4.78, 5) is 11.7. The maximum absolute atomic E-state index is 11.7. The summed E-state index contributed by atoms with van der Waals surface area (Å²) in [6.45, 7) is 8.15. The van der Waals surface area contributed by atoms with Gasteiger partial charge in [-0.15, -0.1) is 0 Å². The van der Waals surface area contributed by atoms with E-state index in [-0.39, 0.29) is 18.6 Å². The average molecular weight is 314 g/mol. The number of amides is 1. The molecule has 0 radical (unpaired) electrons. The van der Waals surface area contributed by atoms with E-state index in [0.717, 1.165) is 15.8 Å². The van der Waals surface area contributed by atoms with Crippen molar-refractivity contribution in [2.75, 3.05) is 6.61 Å². The summed E-state index contributed by atoms with van der Waals surface area (Å²) in [7, 11) is 0. The van der Waals surface area contributed by atoms with Crippen LogP contribution in [0.1, 0.15) is 26.3 Å². The highest BCUT2D eigenvalue weighted by molar-refractivity contribution is 9.10. The van der Waals surface area contributed by atoms with Crippen molar-refractivity contribution in [1.82, 2.24) is 5.32 Å². The predicted molar refractivity (Wildman–Crippen MR) is 76.8 cm³/mol. The summed E-state index contributed by atoms with van der Waals surface area (Å²) in [5.41, 5.74) is 1.02. The number of carbonyl (C=O) groups excluding carboxylic acids is 1. The lowest BCUT2D eigenvalue weighted by Crippen LogP contribution is -2.39. The lowest BCUT2D eigenvalue weighted by molar-refractivity contribution is -0.124. The molecule has 1 aromatic rings. The Balaban J connectivity index is 2.50. The molecule has 0 aliphatic carbocycles. The third-order valence-electron chi connectivity index (χ3n) is 2.90. The Morgan fingerprint density at radius 1 is 1.39 bits per heavy atom. The van der Waals surface area contributed by atoms with Gasteiger partial charge in [0.25, 0.3) is 5.91 Å². The van der Waals surface area contributed by atoms with Crippen LogP contribution >= 0.6 is 15.9 Å². The number of hydrogen-bond acceptors (Lipinski definition) is 2. The zero-order valence-electron chi connectivity index (χ0n) is 11.3. The van der Waals surface area contributed by atoms with Gasteiger partial charge < -0.3 is 10.1 Å². The van der Waals surface area contributed by atoms with Crippen LogP contribution in [0.4, 0.5) is 0 Å². The van der Waals surface area contributed by atoms with Crippen LogP contribution in [-0.2, 0) is 4.79 Å². The number of ether oxygens (including phenoxy) is 1. The lowest BCUT2D eigenvalue weighted by Gasteiger charge is -2.17. The number of hydrogen-bond donors (Lipinski definition) is 1. The standard InChI is InChI=1S/C14H20BrNO2/c1-9(2)11(4)16-14(17)8-18-13-7-12(15)6-5-10(13)3/h5-7,9,11H,8H2,1-4H3,(H,16,17).